The summed E-state index contributed by atoms with van der Waals surface area (Å²) in [4.78, 5) is 41.9. The average Bonchev–Trinajstić information content (AvgIpc) is 3.02. The van der Waals surface area contributed by atoms with Gasteiger partial charge in [0.1, 0.15) is 12.1 Å². The second-order valence-electron chi connectivity index (χ2n) is 7.76. The summed E-state index contributed by atoms with van der Waals surface area (Å²) in [6.45, 7) is 1.63. The third kappa shape index (κ3) is 4.29. The van der Waals surface area contributed by atoms with E-state index in [9.17, 15) is 14.4 Å². The SMILES string of the molecule is CC1(c2cccc(Br)c2)NC(=O)N(CC(=O)N(Cc2ccccc2)c2ccccc2)C1=O. The number of hydrogen-bond acceptors (Lipinski definition) is 3. The quantitative estimate of drug-likeness (QED) is 0.517. The summed E-state index contributed by atoms with van der Waals surface area (Å²) >= 11 is 3.40. The molecule has 0 aliphatic carbocycles. The van der Waals surface area contributed by atoms with E-state index in [4.69, 9.17) is 0 Å². The molecule has 0 aromatic heterocycles. The van der Waals surface area contributed by atoms with Crippen LogP contribution in [0.2, 0.25) is 0 Å². The van der Waals surface area contributed by atoms with E-state index in [1.807, 2.05) is 66.7 Å². The van der Waals surface area contributed by atoms with Crippen LogP contribution < -0.4 is 10.2 Å². The normalized spacial score (nSPS) is 17.9. The van der Waals surface area contributed by atoms with E-state index in [1.165, 1.54) is 0 Å². The molecular formula is C25H22BrN3O3. The van der Waals surface area contributed by atoms with Crippen molar-refractivity contribution in [2.45, 2.75) is 19.0 Å². The van der Waals surface area contributed by atoms with E-state index in [0.717, 1.165) is 14.9 Å². The predicted molar refractivity (Wildman–Crippen MR) is 126 cm³/mol. The number of benzene rings is 3. The minimum atomic E-state index is -1.24. The average molecular weight is 492 g/mol. The van der Waals surface area contributed by atoms with Crippen LogP contribution in [-0.4, -0.2) is 29.3 Å². The highest BCUT2D eigenvalue weighted by molar-refractivity contribution is 9.10. The number of carbonyl (C=O) groups excluding carboxylic acids is 3. The fourth-order valence-corrected chi connectivity index (χ4v) is 4.15. The van der Waals surface area contributed by atoms with Crippen molar-refractivity contribution in [2.75, 3.05) is 11.4 Å². The summed E-state index contributed by atoms with van der Waals surface area (Å²) in [6, 6.07) is 25.4. The van der Waals surface area contributed by atoms with Crippen LogP contribution in [-0.2, 0) is 21.7 Å². The molecule has 0 saturated carbocycles. The molecule has 4 amide bonds. The lowest BCUT2D eigenvalue weighted by Gasteiger charge is -2.26. The molecule has 1 N–H and O–H groups in total. The molecule has 1 saturated heterocycles. The zero-order valence-electron chi connectivity index (χ0n) is 17.5. The number of amides is 4. The standard InChI is InChI=1S/C25H22BrN3O3/c1-25(19-11-8-12-20(26)15-19)23(31)29(24(32)27-25)17-22(30)28(21-13-6-3-7-14-21)16-18-9-4-2-5-10-18/h2-15H,16-17H2,1H3,(H,27,32). The number of urea groups is 1. The third-order valence-electron chi connectivity index (χ3n) is 5.52. The number of para-hydroxylation sites is 1. The highest BCUT2D eigenvalue weighted by Gasteiger charge is 2.49. The molecule has 0 spiro atoms. The predicted octanol–water partition coefficient (Wildman–Crippen LogP) is 4.45. The van der Waals surface area contributed by atoms with Crippen LogP contribution >= 0.6 is 15.9 Å². The van der Waals surface area contributed by atoms with E-state index in [2.05, 4.69) is 21.2 Å². The Hall–Kier alpha value is -3.45. The van der Waals surface area contributed by atoms with E-state index in [1.54, 1.807) is 30.0 Å². The van der Waals surface area contributed by atoms with Crippen LogP contribution in [0.4, 0.5) is 10.5 Å². The minimum Gasteiger partial charge on any atom is -0.319 e. The number of hydrogen-bond donors (Lipinski definition) is 1. The first-order chi connectivity index (χ1) is 15.4. The molecule has 1 aliphatic rings. The van der Waals surface area contributed by atoms with E-state index in [-0.39, 0.29) is 12.5 Å². The van der Waals surface area contributed by atoms with E-state index < -0.39 is 17.5 Å². The zero-order valence-corrected chi connectivity index (χ0v) is 19.1. The van der Waals surface area contributed by atoms with Gasteiger partial charge in [0.25, 0.3) is 5.91 Å². The lowest BCUT2D eigenvalue weighted by atomic mass is 9.92. The third-order valence-corrected chi connectivity index (χ3v) is 6.02. The largest absolute Gasteiger partial charge is 0.325 e. The number of carbonyl (C=O) groups is 3. The highest BCUT2D eigenvalue weighted by atomic mass is 79.9. The molecule has 0 radical (unpaired) electrons. The Morgan fingerprint density at radius 1 is 0.969 bits per heavy atom. The Morgan fingerprint density at radius 3 is 2.28 bits per heavy atom. The maximum Gasteiger partial charge on any atom is 0.325 e. The Bertz CT molecular complexity index is 1150. The molecule has 1 fully saturated rings. The molecule has 1 heterocycles. The zero-order chi connectivity index (χ0) is 22.7. The molecule has 162 valence electrons. The summed E-state index contributed by atoms with van der Waals surface area (Å²) in [6.07, 6.45) is 0. The second kappa shape index (κ2) is 8.96. The van der Waals surface area contributed by atoms with Gasteiger partial charge in [-0.3, -0.25) is 14.5 Å². The van der Waals surface area contributed by atoms with Gasteiger partial charge in [0, 0.05) is 10.2 Å². The maximum absolute atomic E-state index is 13.3. The number of nitrogens with zero attached hydrogens (tertiary/aromatic N) is 2. The number of halogens is 1. The van der Waals surface area contributed by atoms with Gasteiger partial charge in [-0.05, 0) is 42.3 Å². The molecule has 4 rings (SSSR count). The topological polar surface area (TPSA) is 69.7 Å². The molecular weight excluding hydrogens is 470 g/mol. The molecule has 0 bridgehead atoms. The summed E-state index contributed by atoms with van der Waals surface area (Å²) < 4.78 is 0.797. The minimum absolute atomic E-state index is 0.330. The molecule has 7 heteroatoms. The monoisotopic (exact) mass is 491 g/mol. The van der Waals surface area contributed by atoms with Gasteiger partial charge in [-0.25, -0.2) is 4.79 Å². The van der Waals surface area contributed by atoms with Crippen molar-refractivity contribution in [1.82, 2.24) is 10.2 Å². The summed E-state index contributed by atoms with van der Waals surface area (Å²) in [5, 5.41) is 2.75. The van der Waals surface area contributed by atoms with Crippen molar-refractivity contribution in [3.05, 3.63) is 101 Å². The number of imide groups is 1. The van der Waals surface area contributed by atoms with Crippen LogP contribution in [0.5, 0.6) is 0 Å². The molecule has 32 heavy (non-hydrogen) atoms. The van der Waals surface area contributed by atoms with Crippen LogP contribution in [0.15, 0.2) is 89.4 Å². The maximum atomic E-state index is 13.3. The fourth-order valence-electron chi connectivity index (χ4n) is 3.75. The smallest absolute Gasteiger partial charge is 0.319 e. The van der Waals surface area contributed by atoms with Gasteiger partial charge in [-0.2, -0.15) is 0 Å². The van der Waals surface area contributed by atoms with Crippen LogP contribution in [0, 0.1) is 0 Å². The fraction of sp³-hybridized carbons (Fsp3) is 0.160. The van der Waals surface area contributed by atoms with Crippen LogP contribution in [0.25, 0.3) is 0 Å². The molecule has 1 aliphatic heterocycles. The molecule has 1 atom stereocenters. The van der Waals surface area contributed by atoms with Gasteiger partial charge in [-0.1, -0.05) is 76.6 Å². The summed E-state index contributed by atoms with van der Waals surface area (Å²) in [7, 11) is 0. The molecule has 1 unspecified atom stereocenters. The van der Waals surface area contributed by atoms with Crippen LogP contribution in [0.3, 0.4) is 0 Å². The van der Waals surface area contributed by atoms with Crippen molar-refractivity contribution in [2.24, 2.45) is 0 Å². The first-order valence-electron chi connectivity index (χ1n) is 10.2. The van der Waals surface area contributed by atoms with Crippen molar-refractivity contribution < 1.29 is 14.4 Å². The Labute approximate surface area is 195 Å². The van der Waals surface area contributed by atoms with Gasteiger partial charge in [0.05, 0.1) is 6.54 Å². The van der Waals surface area contributed by atoms with Gasteiger partial charge in [0.15, 0.2) is 0 Å². The number of nitrogens with one attached hydrogen (secondary N) is 1. The Kier molecular flexibility index (Phi) is 6.10. The van der Waals surface area contributed by atoms with Gasteiger partial charge >= 0.3 is 6.03 Å². The second-order valence-corrected chi connectivity index (χ2v) is 8.67. The highest BCUT2D eigenvalue weighted by Crippen LogP contribution is 2.30. The van der Waals surface area contributed by atoms with E-state index in [0.29, 0.717) is 17.8 Å². The molecule has 3 aromatic carbocycles. The first-order valence-corrected chi connectivity index (χ1v) is 11.0. The Balaban J connectivity index is 1.59. The molecule has 3 aromatic rings. The molecule has 6 nitrogen and oxygen atoms in total. The van der Waals surface area contributed by atoms with Gasteiger partial charge < -0.3 is 10.2 Å². The summed E-state index contributed by atoms with van der Waals surface area (Å²) in [5.41, 5.74) is 1.05. The van der Waals surface area contributed by atoms with Gasteiger partial charge in [-0.15, -0.1) is 0 Å². The van der Waals surface area contributed by atoms with Crippen LogP contribution in [0.1, 0.15) is 18.1 Å². The van der Waals surface area contributed by atoms with Crippen molar-refractivity contribution in [3.63, 3.8) is 0 Å². The summed E-state index contributed by atoms with van der Waals surface area (Å²) in [5.74, 6) is -0.802. The van der Waals surface area contributed by atoms with Gasteiger partial charge in [0.2, 0.25) is 5.91 Å². The van der Waals surface area contributed by atoms with E-state index >= 15 is 0 Å². The first kappa shape index (κ1) is 21.8. The van der Waals surface area contributed by atoms with Crippen molar-refractivity contribution >= 4 is 39.5 Å². The Morgan fingerprint density at radius 2 is 1.62 bits per heavy atom. The number of anilines is 1. The van der Waals surface area contributed by atoms with Crippen molar-refractivity contribution in [3.8, 4) is 0 Å². The number of rotatable bonds is 6. The lowest BCUT2D eigenvalue weighted by Crippen LogP contribution is -2.44. The lowest BCUT2D eigenvalue weighted by molar-refractivity contribution is -0.134. The van der Waals surface area contributed by atoms with Crippen molar-refractivity contribution in [1.29, 1.82) is 0 Å².